The molecule has 160 valence electrons. The molecule has 13 heteroatoms. The van der Waals surface area contributed by atoms with Gasteiger partial charge in [-0.15, -0.1) is 0 Å². The van der Waals surface area contributed by atoms with Crippen LogP contribution in [0.4, 0.5) is 0 Å². The molecule has 0 heterocycles. The Labute approximate surface area is 166 Å². The number of aliphatic hydroxyl groups excluding tert-OH is 1. The molecule has 0 aliphatic rings. The number of carboxylic acid groups (broad SMARTS) is 2. The van der Waals surface area contributed by atoms with Gasteiger partial charge in [0.25, 0.3) is 0 Å². The summed E-state index contributed by atoms with van der Waals surface area (Å²) in [7, 11) is 0. The molecule has 0 aromatic rings. The number of amides is 3. The topological polar surface area (TPSA) is 208 Å². The average Bonchev–Trinajstić information content (AvgIpc) is 2.61. The molecule has 4 atom stereocenters. The van der Waals surface area contributed by atoms with Crippen molar-refractivity contribution in [3.8, 4) is 0 Å². The van der Waals surface area contributed by atoms with Crippen molar-refractivity contribution in [1.82, 2.24) is 16.0 Å². The number of aliphatic carboxylic acids is 2. The minimum atomic E-state index is -1.75. The summed E-state index contributed by atoms with van der Waals surface area (Å²) in [4.78, 5) is 58.0. The fourth-order valence-electron chi connectivity index (χ4n) is 1.88. The lowest BCUT2D eigenvalue weighted by atomic mass is 10.0. The lowest BCUT2D eigenvalue weighted by Crippen LogP contribution is -2.59. The SMILES string of the molecule is CC(C)C(N)C(=O)NC(CS)C(=O)NC(CO)C(=O)NC(CC(=O)O)C(=O)O. The molecule has 0 spiro atoms. The summed E-state index contributed by atoms with van der Waals surface area (Å²) in [5.74, 6) is -5.97. The Balaban J connectivity index is 5.02. The number of aliphatic hydroxyl groups is 1. The van der Waals surface area contributed by atoms with Gasteiger partial charge in [-0.3, -0.25) is 19.2 Å². The summed E-state index contributed by atoms with van der Waals surface area (Å²) in [6.45, 7) is 2.53. The Morgan fingerprint density at radius 1 is 0.893 bits per heavy atom. The van der Waals surface area contributed by atoms with Crippen LogP contribution in [0.5, 0.6) is 0 Å². The van der Waals surface area contributed by atoms with Gasteiger partial charge in [0.15, 0.2) is 0 Å². The van der Waals surface area contributed by atoms with Crippen LogP contribution in [-0.4, -0.2) is 81.5 Å². The van der Waals surface area contributed by atoms with Gasteiger partial charge in [-0.2, -0.15) is 12.6 Å². The third-order valence-electron chi connectivity index (χ3n) is 3.65. The van der Waals surface area contributed by atoms with Gasteiger partial charge in [0, 0.05) is 5.75 Å². The molecule has 0 saturated heterocycles. The van der Waals surface area contributed by atoms with Crippen LogP contribution in [0, 0.1) is 5.92 Å². The number of carbonyl (C=O) groups excluding carboxylic acids is 3. The van der Waals surface area contributed by atoms with Crippen molar-refractivity contribution in [2.75, 3.05) is 12.4 Å². The fourth-order valence-corrected chi connectivity index (χ4v) is 2.14. The fraction of sp³-hybridized carbons (Fsp3) is 0.667. The van der Waals surface area contributed by atoms with Crippen LogP contribution < -0.4 is 21.7 Å². The molecule has 0 aliphatic heterocycles. The molecule has 12 nitrogen and oxygen atoms in total. The van der Waals surface area contributed by atoms with Crippen molar-refractivity contribution >= 4 is 42.3 Å². The lowest BCUT2D eigenvalue weighted by molar-refractivity contribution is -0.147. The first kappa shape index (κ1) is 25.6. The van der Waals surface area contributed by atoms with Gasteiger partial charge in [0.1, 0.15) is 18.1 Å². The zero-order valence-corrected chi connectivity index (χ0v) is 16.3. The van der Waals surface area contributed by atoms with Gasteiger partial charge in [0.05, 0.1) is 19.1 Å². The molecule has 0 aromatic heterocycles. The summed E-state index contributed by atoms with van der Waals surface area (Å²) in [5, 5.41) is 33.3. The van der Waals surface area contributed by atoms with Gasteiger partial charge in [-0.1, -0.05) is 13.8 Å². The van der Waals surface area contributed by atoms with Crippen LogP contribution >= 0.6 is 12.6 Å². The van der Waals surface area contributed by atoms with Crippen molar-refractivity contribution in [2.24, 2.45) is 11.7 Å². The molecular weight excluding hydrogens is 396 g/mol. The van der Waals surface area contributed by atoms with Crippen LogP contribution in [0.25, 0.3) is 0 Å². The highest BCUT2D eigenvalue weighted by Crippen LogP contribution is 2.00. The van der Waals surface area contributed by atoms with Gasteiger partial charge in [-0.25, -0.2) is 4.79 Å². The first-order chi connectivity index (χ1) is 12.9. The largest absolute Gasteiger partial charge is 0.481 e. The number of thiol groups is 1. The van der Waals surface area contributed by atoms with E-state index in [0.717, 1.165) is 0 Å². The Bertz CT molecular complexity index is 601. The third-order valence-corrected chi connectivity index (χ3v) is 4.01. The van der Waals surface area contributed by atoms with E-state index in [9.17, 15) is 29.1 Å². The molecule has 4 unspecified atom stereocenters. The quantitative estimate of drug-likeness (QED) is 0.150. The second-order valence-corrected chi connectivity index (χ2v) is 6.62. The number of hydrogen-bond donors (Lipinski definition) is 8. The Kier molecular flexibility index (Phi) is 11.1. The van der Waals surface area contributed by atoms with Crippen LogP contribution in [0.1, 0.15) is 20.3 Å². The van der Waals surface area contributed by atoms with Crippen LogP contribution in [0.3, 0.4) is 0 Å². The van der Waals surface area contributed by atoms with Gasteiger partial charge >= 0.3 is 11.9 Å². The maximum absolute atomic E-state index is 12.3. The summed E-state index contributed by atoms with van der Waals surface area (Å²) >= 11 is 3.95. The molecule has 0 saturated carbocycles. The number of carboxylic acids is 2. The maximum Gasteiger partial charge on any atom is 0.326 e. The number of rotatable bonds is 12. The third kappa shape index (κ3) is 8.54. The first-order valence-electron chi connectivity index (χ1n) is 8.27. The van der Waals surface area contributed by atoms with E-state index < -0.39 is 66.9 Å². The monoisotopic (exact) mass is 422 g/mol. The van der Waals surface area contributed by atoms with Crippen molar-refractivity contribution in [3.63, 3.8) is 0 Å². The normalized spacial score (nSPS) is 15.1. The molecular formula is C15H26N4O8S. The Hall–Kier alpha value is -2.38. The van der Waals surface area contributed by atoms with E-state index in [1.165, 1.54) is 0 Å². The predicted octanol–water partition coefficient (Wildman–Crippen LogP) is -3.09. The van der Waals surface area contributed by atoms with Crippen molar-refractivity contribution in [1.29, 1.82) is 0 Å². The summed E-state index contributed by atoms with van der Waals surface area (Å²) in [5.41, 5.74) is 5.69. The molecule has 0 bridgehead atoms. The molecule has 0 radical (unpaired) electrons. The highest BCUT2D eigenvalue weighted by molar-refractivity contribution is 7.80. The maximum atomic E-state index is 12.3. The zero-order chi connectivity index (χ0) is 22.0. The molecule has 28 heavy (non-hydrogen) atoms. The second kappa shape index (κ2) is 12.2. The number of carbonyl (C=O) groups is 5. The average molecular weight is 422 g/mol. The molecule has 8 N–H and O–H groups in total. The summed E-state index contributed by atoms with van der Waals surface area (Å²) in [6.07, 6.45) is -0.893. The summed E-state index contributed by atoms with van der Waals surface area (Å²) in [6, 6.07) is -5.36. The predicted molar refractivity (Wildman–Crippen MR) is 99.4 cm³/mol. The van der Waals surface area contributed by atoms with E-state index >= 15 is 0 Å². The second-order valence-electron chi connectivity index (χ2n) is 6.25. The minimum absolute atomic E-state index is 0.140. The number of nitrogens with one attached hydrogen (secondary N) is 3. The zero-order valence-electron chi connectivity index (χ0n) is 15.4. The van der Waals surface area contributed by atoms with Crippen LogP contribution in [0.2, 0.25) is 0 Å². The highest BCUT2D eigenvalue weighted by Gasteiger charge is 2.30. The van der Waals surface area contributed by atoms with Crippen molar-refractivity contribution in [3.05, 3.63) is 0 Å². The Morgan fingerprint density at radius 3 is 1.75 bits per heavy atom. The molecule has 0 rings (SSSR count). The number of nitrogens with two attached hydrogens (primary N) is 1. The standard InChI is InChI=1S/C15H26N4O8S/c1-6(2)11(16)14(25)19-9(5-28)13(24)18-8(4-20)12(23)17-7(15(26)27)3-10(21)22/h6-9,11,20,28H,3-5,16H2,1-2H3,(H,17,23)(H,18,24)(H,19,25)(H,21,22)(H,26,27). The smallest absolute Gasteiger partial charge is 0.326 e. The van der Waals surface area contributed by atoms with Crippen molar-refractivity contribution < 1.29 is 39.3 Å². The van der Waals surface area contributed by atoms with Gasteiger partial charge in [-0.05, 0) is 5.92 Å². The number of hydrogen-bond acceptors (Lipinski definition) is 8. The van der Waals surface area contributed by atoms with Gasteiger partial charge < -0.3 is 37.0 Å². The molecule has 3 amide bonds. The molecule has 0 aromatic carbocycles. The minimum Gasteiger partial charge on any atom is -0.481 e. The molecule has 0 aliphatic carbocycles. The van der Waals surface area contributed by atoms with E-state index in [1.54, 1.807) is 13.8 Å². The summed E-state index contributed by atoms with van der Waals surface area (Å²) < 4.78 is 0. The lowest BCUT2D eigenvalue weighted by Gasteiger charge is -2.24. The highest BCUT2D eigenvalue weighted by atomic mass is 32.1. The van der Waals surface area contributed by atoms with Gasteiger partial charge in [0.2, 0.25) is 17.7 Å². The van der Waals surface area contributed by atoms with E-state index in [2.05, 4.69) is 23.3 Å². The first-order valence-corrected chi connectivity index (χ1v) is 8.90. The van der Waals surface area contributed by atoms with E-state index in [1.807, 2.05) is 5.32 Å². The van der Waals surface area contributed by atoms with E-state index in [0.29, 0.717) is 0 Å². The van der Waals surface area contributed by atoms with E-state index in [-0.39, 0.29) is 11.7 Å². The van der Waals surface area contributed by atoms with E-state index in [4.69, 9.17) is 15.9 Å². The molecule has 0 fully saturated rings. The van der Waals surface area contributed by atoms with Crippen LogP contribution in [-0.2, 0) is 24.0 Å². The van der Waals surface area contributed by atoms with Crippen molar-refractivity contribution in [2.45, 2.75) is 44.4 Å². The Morgan fingerprint density at radius 2 is 1.36 bits per heavy atom. The van der Waals surface area contributed by atoms with Crippen LogP contribution in [0.15, 0.2) is 0 Å².